The second-order valence-electron chi connectivity index (χ2n) is 4.31. The predicted molar refractivity (Wildman–Crippen MR) is 65.6 cm³/mol. The van der Waals surface area contributed by atoms with Gasteiger partial charge in [-0.05, 0) is 18.6 Å². The SMILES string of the molecule is COC(=O)c1ccccc1NC(=O)[C@@H]1C[C@@H]1C(=O)O. The van der Waals surface area contributed by atoms with Gasteiger partial charge >= 0.3 is 11.9 Å². The van der Waals surface area contributed by atoms with E-state index in [0.717, 1.165) is 0 Å². The molecule has 0 bridgehead atoms. The minimum absolute atomic E-state index is 0.242. The number of aliphatic carboxylic acids is 1. The Labute approximate surface area is 109 Å². The first-order valence-electron chi connectivity index (χ1n) is 5.75. The highest BCUT2D eigenvalue weighted by molar-refractivity contribution is 6.03. The molecule has 0 spiro atoms. The maximum atomic E-state index is 11.8. The molecule has 1 saturated carbocycles. The number of anilines is 1. The minimum Gasteiger partial charge on any atom is -0.481 e. The highest BCUT2D eigenvalue weighted by Crippen LogP contribution is 2.39. The van der Waals surface area contributed by atoms with Crippen molar-refractivity contribution in [1.82, 2.24) is 0 Å². The van der Waals surface area contributed by atoms with Gasteiger partial charge in [-0.2, -0.15) is 0 Å². The molecule has 1 fully saturated rings. The zero-order valence-electron chi connectivity index (χ0n) is 10.3. The first kappa shape index (κ1) is 13.1. The Balaban J connectivity index is 2.10. The van der Waals surface area contributed by atoms with Crippen LogP contribution in [0.2, 0.25) is 0 Å². The van der Waals surface area contributed by atoms with E-state index in [2.05, 4.69) is 10.1 Å². The fourth-order valence-electron chi connectivity index (χ4n) is 1.86. The highest BCUT2D eigenvalue weighted by atomic mass is 16.5. The van der Waals surface area contributed by atoms with Gasteiger partial charge in [-0.25, -0.2) is 4.79 Å². The molecule has 0 saturated heterocycles. The lowest BCUT2D eigenvalue weighted by molar-refractivity contribution is -0.139. The summed E-state index contributed by atoms with van der Waals surface area (Å²) in [6, 6.07) is 6.42. The third kappa shape index (κ3) is 2.73. The van der Waals surface area contributed by atoms with Crippen molar-refractivity contribution in [2.75, 3.05) is 12.4 Å². The maximum absolute atomic E-state index is 11.8. The summed E-state index contributed by atoms with van der Waals surface area (Å²) in [5.41, 5.74) is 0.571. The number of carboxylic acid groups (broad SMARTS) is 1. The van der Waals surface area contributed by atoms with Crippen molar-refractivity contribution in [3.05, 3.63) is 29.8 Å². The molecule has 0 heterocycles. The number of methoxy groups -OCH3 is 1. The van der Waals surface area contributed by atoms with Gasteiger partial charge in [0.05, 0.1) is 30.2 Å². The number of nitrogens with one attached hydrogen (secondary N) is 1. The van der Waals surface area contributed by atoms with Gasteiger partial charge < -0.3 is 15.2 Å². The molecule has 2 N–H and O–H groups in total. The molecule has 100 valence electrons. The molecule has 2 atom stereocenters. The van der Waals surface area contributed by atoms with Crippen LogP contribution in [0.15, 0.2) is 24.3 Å². The molecule has 0 unspecified atom stereocenters. The zero-order chi connectivity index (χ0) is 14.0. The second kappa shape index (κ2) is 5.09. The van der Waals surface area contributed by atoms with Gasteiger partial charge in [-0.15, -0.1) is 0 Å². The predicted octanol–water partition coefficient (Wildman–Crippen LogP) is 1.13. The molecule has 0 aliphatic heterocycles. The van der Waals surface area contributed by atoms with Crippen molar-refractivity contribution < 1.29 is 24.2 Å². The van der Waals surface area contributed by atoms with E-state index >= 15 is 0 Å². The quantitative estimate of drug-likeness (QED) is 0.794. The summed E-state index contributed by atoms with van der Waals surface area (Å²) in [6.07, 6.45) is 0.335. The summed E-state index contributed by atoms with van der Waals surface area (Å²) in [5, 5.41) is 11.3. The monoisotopic (exact) mass is 263 g/mol. The molecule has 1 aromatic rings. The summed E-state index contributed by atoms with van der Waals surface area (Å²) in [7, 11) is 1.25. The topological polar surface area (TPSA) is 92.7 Å². The summed E-state index contributed by atoms with van der Waals surface area (Å²) >= 11 is 0. The van der Waals surface area contributed by atoms with Crippen molar-refractivity contribution in [3.8, 4) is 0 Å². The average molecular weight is 263 g/mol. The van der Waals surface area contributed by atoms with E-state index in [9.17, 15) is 14.4 Å². The van der Waals surface area contributed by atoms with Crippen molar-refractivity contribution in [3.63, 3.8) is 0 Å². The molecule has 0 radical (unpaired) electrons. The molecule has 2 rings (SSSR count). The smallest absolute Gasteiger partial charge is 0.339 e. The molecule has 6 heteroatoms. The van der Waals surface area contributed by atoms with E-state index in [1.165, 1.54) is 13.2 Å². The molecule has 1 aromatic carbocycles. The Morgan fingerprint density at radius 1 is 1.26 bits per heavy atom. The van der Waals surface area contributed by atoms with Crippen molar-refractivity contribution >= 4 is 23.5 Å². The van der Waals surface area contributed by atoms with Crippen LogP contribution >= 0.6 is 0 Å². The largest absolute Gasteiger partial charge is 0.481 e. The first-order chi connectivity index (χ1) is 9.04. The molecular formula is C13H13NO5. The Bertz CT molecular complexity index is 540. The van der Waals surface area contributed by atoms with Gasteiger partial charge in [0.25, 0.3) is 0 Å². The Morgan fingerprint density at radius 3 is 2.53 bits per heavy atom. The molecule has 0 aromatic heterocycles. The lowest BCUT2D eigenvalue weighted by Crippen LogP contribution is -2.18. The third-order valence-electron chi connectivity index (χ3n) is 3.03. The summed E-state index contributed by atoms with van der Waals surface area (Å²) < 4.78 is 4.61. The second-order valence-corrected chi connectivity index (χ2v) is 4.31. The normalized spacial score (nSPS) is 20.5. The standard InChI is InChI=1S/C13H13NO5/c1-19-13(18)7-4-2-3-5-10(7)14-11(15)8-6-9(8)12(16)17/h2-5,8-9H,6H2,1H3,(H,14,15)(H,16,17)/t8-,9+/m1/s1. The van der Waals surface area contributed by atoms with E-state index in [0.29, 0.717) is 12.1 Å². The number of hydrogen-bond donors (Lipinski definition) is 2. The summed E-state index contributed by atoms with van der Waals surface area (Å²) in [5.74, 6) is -3.06. The van der Waals surface area contributed by atoms with Gasteiger partial charge in [0.15, 0.2) is 0 Å². The Kier molecular flexibility index (Phi) is 3.50. The van der Waals surface area contributed by atoms with Gasteiger partial charge in [0.2, 0.25) is 5.91 Å². The van der Waals surface area contributed by atoms with Crippen molar-refractivity contribution in [2.45, 2.75) is 6.42 Å². The number of hydrogen-bond acceptors (Lipinski definition) is 4. The third-order valence-corrected chi connectivity index (χ3v) is 3.03. The number of rotatable bonds is 4. The van der Waals surface area contributed by atoms with E-state index in [4.69, 9.17) is 5.11 Å². The number of esters is 1. The van der Waals surface area contributed by atoms with Crippen LogP contribution in [0.3, 0.4) is 0 Å². The minimum atomic E-state index is -0.971. The lowest BCUT2D eigenvalue weighted by Gasteiger charge is -2.09. The lowest BCUT2D eigenvalue weighted by atomic mass is 10.1. The first-order valence-corrected chi connectivity index (χ1v) is 5.75. The number of ether oxygens (including phenoxy) is 1. The highest BCUT2D eigenvalue weighted by Gasteiger charge is 2.48. The van der Waals surface area contributed by atoms with Crippen LogP contribution in [0, 0.1) is 11.8 Å². The number of carboxylic acids is 1. The molecular weight excluding hydrogens is 250 g/mol. The van der Waals surface area contributed by atoms with Crippen LogP contribution < -0.4 is 5.32 Å². The molecule has 1 aliphatic carbocycles. The molecule has 19 heavy (non-hydrogen) atoms. The van der Waals surface area contributed by atoms with Gasteiger partial charge in [-0.1, -0.05) is 12.1 Å². The van der Waals surface area contributed by atoms with Crippen molar-refractivity contribution in [2.24, 2.45) is 11.8 Å². The maximum Gasteiger partial charge on any atom is 0.339 e. The van der Waals surface area contributed by atoms with Gasteiger partial charge in [0, 0.05) is 0 Å². The molecule has 6 nitrogen and oxygen atoms in total. The number of amides is 1. The van der Waals surface area contributed by atoms with E-state index in [1.807, 2.05) is 0 Å². The van der Waals surface area contributed by atoms with Crippen molar-refractivity contribution in [1.29, 1.82) is 0 Å². The van der Waals surface area contributed by atoms with Crippen LogP contribution in [0.1, 0.15) is 16.8 Å². The number of carbonyl (C=O) groups is 3. The van der Waals surface area contributed by atoms with Crippen LogP contribution in [0.4, 0.5) is 5.69 Å². The summed E-state index contributed by atoms with van der Waals surface area (Å²) in [6.45, 7) is 0. The fraction of sp³-hybridized carbons (Fsp3) is 0.308. The van der Waals surface area contributed by atoms with Crippen LogP contribution in [0.5, 0.6) is 0 Å². The summed E-state index contributed by atoms with van der Waals surface area (Å²) in [4.78, 5) is 34.0. The number of carbonyl (C=O) groups excluding carboxylic acids is 2. The van der Waals surface area contributed by atoms with Crippen LogP contribution in [-0.2, 0) is 14.3 Å². The average Bonchev–Trinajstić information content (AvgIpc) is 3.19. The van der Waals surface area contributed by atoms with Gasteiger partial charge in [0.1, 0.15) is 0 Å². The Hall–Kier alpha value is -2.37. The molecule has 1 aliphatic rings. The van der Waals surface area contributed by atoms with Crippen LogP contribution in [-0.4, -0.2) is 30.1 Å². The number of benzene rings is 1. The fourth-order valence-corrected chi connectivity index (χ4v) is 1.86. The zero-order valence-corrected chi connectivity index (χ0v) is 10.3. The van der Waals surface area contributed by atoms with Gasteiger partial charge in [-0.3, -0.25) is 9.59 Å². The van der Waals surface area contributed by atoms with Crippen LogP contribution in [0.25, 0.3) is 0 Å². The van der Waals surface area contributed by atoms with E-state index < -0.39 is 23.8 Å². The van der Waals surface area contributed by atoms with E-state index in [1.54, 1.807) is 18.2 Å². The number of para-hydroxylation sites is 1. The molecule has 1 amide bonds. The van der Waals surface area contributed by atoms with E-state index in [-0.39, 0.29) is 11.5 Å². The Morgan fingerprint density at radius 2 is 1.95 bits per heavy atom.